The molecule has 0 saturated carbocycles. The summed E-state index contributed by atoms with van der Waals surface area (Å²) in [6.07, 6.45) is 1.83. The van der Waals surface area contributed by atoms with E-state index in [-0.39, 0.29) is 6.61 Å². The van der Waals surface area contributed by atoms with Crippen molar-refractivity contribution in [2.45, 2.75) is 19.9 Å². The van der Waals surface area contributed by atoms with Crippen LogP contribution >= 0.6 is 11.6 Å². The first kappa shape index (κ1) is 14.9. The SMILES string of the molecule is CC(C)Nc1cnc(N(C)CCO)c2cc(Cl)ccc12. The van der Waals surface area contributed by atoms with Crippen LogP contribution < -0.4 is 10.2 Å². The molecule has 0 spiro atoms. The third kappa shape index (κ3) is 3.14. The fourth-order valence-electron chi connectivity index (χ4n) is 2.19. The Kier molecular flexibility index (Phi) is 4.68. The molecular weight excluding hydrogens is 274 g/mol. The molecule has 108 valence electrons. The minimum atomic E-state index is 0.0895. The molecule has 2 rings (SSSR count). The van der Waals surface area contributed by atoms with Gasteiger partial charge in [-0.05, 0) is 26.0 Å². The average molecular weight is 294 g/mol. The van der Waals surface area contributed by atoms with E-state index in [1.807, 2.05) is 36.3 Å². The van der Waals surface area contributed by atoms with Crippen LogP contribution in [-0.4, -0.2) is 36.3 Å². The summed E-state index contributed by atoms with van der Waals surface area (Å²) in [5, 5.41) is 15.2. The highest BCUT2D eigenvalue weighted by Gasteiger charge is 2.12. The highest BCUT2D eigenvalue weighted by atomic mass is 35.5. The summed E-state index contributed by atoms with van der Waals surface area (Å²) < 4.78 is 0. The minimum absolute atomic E-state index is 0.0895. The standard InChI is InChI=1S/C15H20ClN3O/c1-10(2)18-14-9-17-15(19(3)6-7-20)13-8-11(16)4-5-12(13)14/h4-5,8-10,18,20H,6-7H2,1-3H3. The van der Waals surface area contributed by atoms with Gasteiger partial charge >= 0.3 is 0 Å². The largest absolute Gasteiger partial charge is 0.395 e. The second-order valence-corrected chi connectivity index (χ2v) is 5.57. The molecule has 0 fully saturated rings. The lowest BCUT2D eigenvalue weighted by molar-refractivity contribution is 0.304. The maximum absolute atomic E-state index is 9.09. The van der Waals surface area contributed by atoms with Crippen molar-refractivity contribution in [1.29, 1.82) is 0 Å². The van der Waals surface area contributed by atoms with Crippen molar-refractivity contribution in [3.63, 3.8) is 0 Å². The van der Waals surface area contributed by atoms with Crippen molar-refractivity contribution < 1.29 is 5.11 Å². The zero-order chi connectivity index (χ0) is 14.7. The van der Waals surface area contributed by atoms with Gasteiger partial charge in [-0.15, -0.1) is 0 Å². The Morgan fingerprint density at radius 3 is 2.75 bits per heavy atom. The van der Waals surface area contributed by atoms with E-state index >= 15 is 0 Å². The van der Waals surface area contributed by atoms with E-state index in [1.54, 1.807) is 0 Å². The molecule has 0 bridgehead atoms. The van der Waals surface area contributed by atoms with Crippen LogP contribution in [0.25, 0.3) is 10.8 Å². The van der Waals surface area contributed by atoms with Crippen LogP contribution in [0, 0.1) is 0 Å². The van der Waals surface area contributed by atoms with E-state index in [4.69, 9.17) is 16.7 Å². The minimum Gasteiger partial charge on any atom is -0.395 e. The van der Waals surface area contributed by atoms with Gasteiger partial charge in [0.1, 0.15) is 5.82 Å². The second kappa shape index (κ2) is 6.29. The summed E-state index contributed by atoms with van der Waals surface area (Å²) in [6.45, 7) is 4.80. The lowest BCUT2D eigenvalue weighted by Crippen LogP contribution is -2.22. The quantitative estimate of drug-likeness (QED) is 0.889. The van der Waals surface area contributed by atoms with E-state index in [1.165, 1.54) is 0 Å². The average Bonchev–Trinajstić information content (AvgIpc) is 2.38. The van der Waals surface area contributed by atoms with E-state index in [2.05, 4.69) is 24.1 Å². The smallest absolute Gasteiger partial charge is 0.136 e. The summed E-state index contributed by atoms with van der Waals surface area (Å²) in [5.74, 6) is 0.825. The van der Waals surface area contributed by atoms with Crippen molar-refractivity contribution in [1.82, 2.24) is 4.98 Å². The van der Waals surface area contributed by atoms with Gasteiger partial charge in [-0.1, -0.05) is 17.7 Å². The van der Waals surface area contributed by atoms with Gasteiger partial charge in [-0.25, -0.2) is 4.98 Å². The van der Waals surface area contributed by atoms with Crippen LogP contribution in [0.15, 0.2) is 24.4 Å². The van der Waals surface area contributed by atoms with Gasteiger partial charge in [-0.2, -0.15) is 0 Å². The first-order chi connectivity index (χ1) is 9.52. The lowest BCUT2D eigenvalue weighted by Gasteiger charge is -2.21. The summed E-state index contributed by atoms with van der Waals surface area (Å²) in [4.78, 5) is 6.44. The number of likely N-dealkylation sites (N-methyl/N-ethyl adjacent to an activating group) is 1. The van der Waals surface area contributed by atoms with E-state index < -0.39 is 0 Å². The Morgan fingerprint density at radius 2 is 2.10 bits per heavy atom. The molecule has 2 N–H and O–H groups in total. The third-order valence-corrected chi connectivity index (χ3v) is 3.30. The molecule has 1 aromatic carbocycles. The predicted molar refractivity (Wildman–Crippen MR) is 85.9 cm³/mol. The number of aromatic nitrogens is 1. The first-order valence-electron chi connectivity index (χ1n) is 6.69. The number of anilines is 2. The number of nitrogens with zero attached hydrogens (tertiary/aromatic N) is 2. The van der Waals surface area contributed by atoms with Gasteiger partial charge in [0.15, 0.2) is 0 Å². The fraction of sp³-hybridized carbons (Fsp3) is 0.400. The molecule has 0 aliphatic rings. The Morgan fingerprint density at radius 1 is 1.35 bits per heavy atom. The normalized spacial score (nSPS) is 11.1. The van der Waals surface area contributed by atoms with Crippen LogP contribution in [0.3, 0.4) is 0 Å². The molecule has 2 aromatic rings. The number of hydrogen-bond acceptors (Lipinski definition) is 4. The number of benzene rings is 1. The number of aliphatic hydroxyl groups excluding tert-OH is 1. The Balaban J connectivity index is 2.58. The number of fused-ring (bicyclic) bond motifs is 1. The summed E-state index contributed by atoms with van der Waals surface area (Å²) in [6, 6.07) is 6.13. The predicted octanol–water partition coefficient (Wildman–Crippen LogP) is 3.14. The molecule has 0 aliphatic heterocycles. The molecule has 1 heterocycles. The summed E-state index contributed by atoms with van der Waals surface area (Å²) in [7, 11) is 1.91. The third-order valence-electron chi connectivity index (χ3n) is 3.07. The Labute approximate surface area is 124 Å². The maximum atomic E-state index is 9.09. The molecule has 4 nitrogen and oxygen atoms in total. The van der Waals surface area contributed by atoms with Gasteiger partial charge in [0.2, 0.25) is 0 Å². The van der Waals surface area contributed by atoms with Crippen LogP contribution in [0.1, 0.15) is 13.8 Å². The van der Waals surface area contributed by atoms with E-state index in [0.717, 1.165) is 22.3 Å². The topological polar surface area (TPSA) is 48.4 Å². The highest BCUT2D eigenvalue weighted by molar-refractivity contribution is 6.31. The molecule has 0 saturated heterocycles. The van der Waals surface area contributed by atoms with Crippen LogP contribution in [-0.2, 0) is 0 Å². The molecular formula is C15H20ClN3O. The number of pyridine rings is 1. The van der Waals surface area contributed by atoms with Gasteiger partial charge in [0.25, 0.3) is 0 Å². The number of halogens is 1. The van der Waals surface area contributed by atoms with Gasteiger partial charge in [-0.3, -0.25) is 0 Å². The molecule has 0 unspecified atom stereocenters. The van der Waals surface area contributed by atoms with Crippen molar-refractivity contribution in [2.24, 2.45) is 0 Å². The number of hydrogen-bond donors (Lipinski definition) is 2. The first-order valence-corrected chi connectivity index (χ1v) is 7.07. The molecule has 20 heavy (non-hydrogen) atoms. The van der Waals surface area contributed by atoms with Gasteiger partial charge < -0.3 is 15.3 Å². The van der Waals surface area contributed by atoms with Crippen molar-refractivity contribution in [3.8, 4) is 0 Å². The highest BCUT2D eigenvalue weighted by Crippen LogP contribution is 2.32. The monoisotopic (exact) mass is 293 g/mol. The van der Waals surface area contributed by atoms with Gasteiger partial charge in [0, 0.05) is 35.4 Å². The van der Waals surface area contributed by atoms with Crippen molar-refractivity contribution in [2.75, 3.05) is 30.4 Å². The Bertz CT molecular complexity index is 601. The number of rotatable bonds is 5. The molecule has 0 radical (unpaired) electrons. The van der Waals surface area contributed by atoms with Crippen LogP contribution in [0.2, 0.25) is 5.02 Å². The molecule has 0 aliphatic carbocycles. The molecule has 1 aromatic heterocycles. The maximum Gasteiger partial charge on any atom is 0.136 e. The van der Waals surface area contributed by atoms with E-state index in [9.17, 15) is 0 Å². The molecule has 5 heteroatoms. The Hall–Kier alpha value is -1.52. The second-order valence-electron chi connectivity index (χ2n) is 5.13. The summed E-state index contributed by atoms with van der Waals surface area (Å²) in [5.41, 5.74) is 0.993. The fourth-order valence-corrected chi connectivity index (χ4v) is 2.36. The zero-order valence-corrected chi connectivity index (χ0v) is 12.8. The van der Waals surface area contributed by atoms with Crippen LogP contribution in [0.5, 0.6) is 0 Å². The lowest BCUT2D eigenvalue weighted by atomic mass is 10.1. The van der Waals surface area contributed by atoms with Crippen molar-refractivity contribution >= 4 is 33.9 Å². The number of aliphatic hydroxyl groups is 1. The summed E-state index contributed by atoms with van der Waals surface area (Å²) >= 11 is 6.11. The molecule has 0 atom stereocenters. The van der Waals surface area contributed by atoms with Crippen LogP contribution in [0.4, 0.5) is 11.5 Å². The molecule has 0 amide bonds. The van der Waals surface area contributed by atoms with Crippen molar-refractivity contribution in [3.05, 3.63) is 29.4 Å². The zero-order valence-electron chi connectivity index (χ0n) is 12.0. The van der Waals surface area contributed by atoms with Gasteiger partial charge in [0.05, 0.1) is 18.5 Å². The number of nitrogens with one attached hydrogen (secondary N) is 1. The van der Waals surface area contributed by atoms with E-state index in [0.29, 0.717) is 17.6 Å².